The summed E-state index contributed by atoms with van der Waals surface area (Å²) in [6.45, 7) is 4.23. The largest absolute Gasteiger partial charge is 0.392 e. The average Bonchev–Trinajstić information content (AvgIpc) is 2.20. The molecule has 0 bridgehead atoms. The standard InChI is InChI=1S/C10H20N2O3/c1-3-4-5-6-11-9(14)10(15)12-7-8(2)13/h8,13H,3-7H2,1-2H3,(H,11,14)(H,12,15)/t8-/m1/s1. The average molecular weight is 216 g/mol. The van der Waals surface area contributed by atoms with Gasteiger partial charge in [-0.2, -0.15) is 0 Å². The molecule has 0 fully saturated rings. The quantitative estimate of drug-likeness (QED) is 0.424. The van der Waals surface area contributed by atoms with Crippen molar-refractivity contribution in [1.82, 2.24) is 10.6 Å². The SMILES string of the molecule is CCCCCNC(=O)C(=O)NC[C@@H](C)O. The molecule has 0 saturated heterocycles. The molecule has 5 heteroatoms. The number of hydrogen-bond acceptors (Lipinski definition) is 3. The van der Waals surface area contributed by atoms with Gasteiger partial charge >= 0.3 is 11.8 Å². The molecule has 0 aliphatic carbocycles. The van der Waals surface area contributed by atoms with Gasteiger partial charge < -0.3 is 15.7 Å². The summed E-state index contributed by atoms with van der Waals surface area (Å²) < 4.78 is 0. The molecule has 0 radical (unpaired) electrons. The van der Waals surface area contributed by atoms with Crippen LogP contribution in [0.2, 0.25) is 0 Å². The van der Waals surface area contributed by atoms with E-state index < -0.39 is 17.9 Å². The van der Waals surface area contributed by atoms with Gasteiger partial charge in [-0.05, 0) is 13.3 Å². The molecule has 0 heterocycles. The molecule has 0 aromatic carbocycles. The van der Waals surface area contributed by atoms with E-state index in [-0.39, 0.29) is 6.54 Å². The van der Waals surface area contributed by atoms with Crippen molar-refractivity contribution in [3.8, 4) is 0 Å². The predicted molar refractivity (Wildman–Crippen MR) is 57.2 cm³/mol. The summed E-state index contributed by atoms with van der Waals surface area (Å²) >= 11 is 0. The highest BCUT2D eigenvalue weighted by Crippen LogP contribution is 1.90. The molecule has 0 aromatic heterocycles. The number of carbonyl (C=O) groups excluding carboxylic acids is 2. The molecule has 1 atom stereocenters. The van der Waals surface area contributed by atoms with Crippen molar-refractivity contribution in [2.75, 3.05) is 13.1 Å². The summed E-state index contributed by atoms with van der Waals surface area (Å²) in [5.41, 5.74) is 0. The van der Waals surface area contributed by atoms with E-state index in [9.17, 15) is 9.59 Å². The van der Waals surface area contributed by atoms with Gasteiger partial charge in [-0.15, -0.1) is 0 Å². The Kier molecular flexibility index (Phi) is 7.62. The Balaban J connectivity index is 3.56. The maximum absolute atomic E-state index is 11.1. The van der Waals surface area contributed by atoms with Crippen LogP contribution in [0.25, 0.3) is 0 Å². The van der Waals surface area contributed by atoms with Gasteiger partial charge in [-0.1, -0.05) is 19.8 Å². The second kappa shape index (κ2) is 8.23. The molecule has 0 aromatic rings. The minimum Gasteiger partial charge on any atom is -0.392 e. The lowest BCUT2D eigenvalue weighted by Crippen LogP contribution is -2.42. The van der Waals surface area contributed by atoms with Crippen molar-refractivity contribution in [2.24, 2.45) is 0 Å². The first-order valence-electron chi connectivity index (χ1n) is 5.32. The number of amides is 2. The maximum atomic E-state index is 11.1. The third-order valence-corrected chi connectivity index (χ3v) is 1.83. The fourth-order valence-corrected chi connectivity index (χ4v) is 0.978. The van der Waals surface area contributed by atoms with Gasteiger partial charge in [0.2, 0.25) is 0 Å². The summed E-state index contributed by atoms with van der Waals surface area (Å²) in [4.78, 5) is 22.2. The maximum Gasteiger partial charge on any atom is 0.309 e. The second-order valence-electron chi connectivity index (χ2n) is 3.52. The zero-order valence-electron chi connectivity index (χ0n) is 9.38. The van der Waals surface area contributed by atoms with Crippen LogP contribution in [0.3, 0.4) is 0 Å². The van der Waals surface area contributed by atoms with Gasteiger partial charge in [0.05, 0.1) is 6.10 Å². The van der Waals surface area contributed by atoms with E-state index in [0.717, 1.165) is 19.3 Å². The third kappa shape index (κ3) is 7.93. The van der Waals surface area contributed by atoms with Crippen LogP contribution in [0, 0.1) is 0 Å². The van der Waals surface area contributed by atoms with Crippen molar-refractivity contribution in [3.05, 3.63) is 0 Å². The smallest absolute Gasteiger partial charge is 0.309 e. The summed E-state index contributed by atoms with van der Waals surface area (Å²) in [7, 11) is 0. The van der Waals surface area contributed by atoms with Crippen molar-refractivity contribution in [1.29, 1.82) is 0 Å². The minimum absolute atomic E-state index is 0.0984. The van der Waals surface area contributed by atoms with Gasteiger partial charge in [-0.25, -0.2) is 0 Å². The van der Waals surface area contributed by atoms with Crippen molar-refractivity contribution in [3.63, 3.8) is 0 Å². The second-order valence-corrected chi connectivity index (χ2v) is 3.52. The van der Waals surface area contributed by atoms with E-state index in [1.807, 2.05) is 0 Å². The van der Waals surface area contributed by atoms with E-state index in [4.69, 9.17) is 5.11 Å². The van der Waals surface area contributed by atoms with Crippen LogP contribution in [0.4, 0.5) is 0 Å². The molecule has 0 aliphatic heterocycles. The van der Waals surface area contributed by atoms with Crippen molar-refractivity contribution < 1.29 is 14.7 Å². The van der Waals surface area contributed by atoms with Crippen LogP contribution in [-0.2, 0) is 9.59 Å². The highest BCUT2D eigenvalue weighted by atomic mass is 16.3. The zero-order valence-corrected chi connectivity index (χ0v) is 9.38. The van der Waals surface area contributed by atoms with Crippen LogP contribution in [-0.4, -0.2) is 36.1 Å². The van der Waals surface area contributed by atoms with E-state index in [2.05, 4.69) is 17.6 Å². The van der Waals surface area contributed by atoms with E-state index in [1.54, 1.807) is 6.92 Å². The number of aliphatic hydroxyl groups excluding tert-OH is 1. The lowest BCUT2D eigenvalue weighted by molar-refractivity contribution is -0.139. The van der Waals surface area contributed by atoms with E-state index in [0.29, 0.717) is 6.54 Å². The summed E-state index contributed by atoms with van der Waals surface area (Å²) in [6.07, 6.45) is 2.35. The highest BCUT2D eigenvalue weighted by molar-refractivity contribution is 6.35. The molecule has 0 unspecified atom stereocenters. The summed E-state index contributed by atoms with van der Waals surface area (Å²) in [5.74, 6) is -1.32. The number of carbonyl (C=O) groups is 2. The zero-order chi connectivity index (χ0) is 11.7. The molecule has 3 N–H and O–H groups in total. The van der Waals surface area contributed by atoms with Crippen LogP contribution < -0.4 is 10.6 Å². The summed E-state index contributed by atoms with van der Waals surface area (Å²) in [5, 5.41) is 13.7. The number of unbranched alkanes of at least 4 members (excludes halogenated alkanes) is 2. The molecule has 0 rings (SSSR count). The van der Waals surface area contributed by atoms with Crippen LogP contribution >= 0.6 is 0 Å². The molecule has 2 amide bonds. The van der Waals surface area contributed by atoms with Crippen LogP contribution in [0.1, 0.15) is 33.1 Å². The van der Waals surface area contributed by atoms with Crippen molar-refractivity contribution >= 4 is 11.8 Å². The number of aliphatic hydroxyl groups is 1. The first-order valence-corrected chi connectivity index (χ1v) is 5.32. The fraction of sp³-hybridized carbons (Fsp3) is 0.800. The molecule has 15 heavy (non-hydrogen) atoms. The van der Waals surface area contributed by atoms with E-state index in [1.165, 1.54) is 0 Å². The number of hydrogen-bond donors (Lipinski definition) is 3. The molecule has 5 nitrogen and oxygen atoms in total. The third-order valence-electron chi connectivity index (χ3n) is 1.83. The number of rotatable bonds is 6. The summed E-state index contributed by atoms with van der Waals surface area (Å²) in [6, 6.07) is 0. The molecular formula is C10H20N2O3. The van der Waals surface area contributed by atoms with Crippen molar-refractivity contribution in [2.45, 2.75) is 39.2 Å². The van der Waals surface area contributed by atoms with Gasteiger partial charge in [0.1, 0.15) is 0 Å². The number of nitrogens with one attached hydrogen (secondary N) is 2. The molecule has 0 aliphatic rings. The Morgan fingerprint density at radius 2 is 1.80 bits per heavy atom. The molecule has 88 valence electrons. The lowest BCUT2D eigenvalue weighted by Gasteiger charge is -2.07. The van der Waals surface area contributed by atoms with Crippen LogP contribution in [0.15, 0.2) is 0 Å². The first kappa shape index (κ1) is 13.9. The Hall–Kier alpha value is -1.10. The Morgan fingerprint density at radius 1 is 1.20 bits per heavy atom. The predicted octanol–water partition coefficient (Wildman–Crippen LogP) is -0.210. The normalized spacial score (nSPS) is 11.9. The first-order chi connectivity index (χ1) is 7.07. The molecular weight excluding hydrogens is 196 g/mol. The van der Waals surface area contributed by atoms with Gasteiger partial charge in [0.25, 0.3) is 0 Å². The minimum atomic E-state index is -0.688. The lowest BCUT2D eigenvalue weighted by atomic mass is 10.2. The van der Waals surface area contributed by atoms with Gasteiger partial charge in [0.15, 0.2) is 0 Å². The van der Waals surface area contributed by atoms with Gasteiger partial charge in [0, 0.05) is 13.1 Å². The van der Waals surface area contributed by atoms with Crippen LogP contribution in [0.5, 0.6) is 0 Å². The monoisotopic (exact) mass is 216 g/mol. The Morgan fingerprint density at radius 3 is 2.33 bits per heavy atom. The fourth-order valence-electron chi connectivity index (χ4n) is 0.978. The van der Waals surface area contributed by atoms with Gasteiger partial charge in [-0.3, -0.25) is 9.59 Å². The highest BCUT2D eigenvalue weighted by Gasteiger charge is 2.12. The molecule has 0 saturated carbocycles. The Bertz CT molecular complexity index is 205. The molecule has 0 spiro atoms. The Labute approximate surface area is 90.2 Å². The van der Waals surface area contributed by atoms with E-state index >= 15 is 0 Å². The topological polar surface area (TPSA) is 78.4 Å².